The molecular weight excluding hydrogens is 307 g/mol. The van der Waals surface area contributed by atoms with Crippen molar-refractivity contribution in [2.24, 2.45) is 0 Å². The molecule has 0 bridgehead atoms. The van der Waals surface area contributed by atoms with Crippen LogP contribution >= 0.6 is 0 Å². The molecule has 8 nitrogen and oxygen atoms in total. The average Bonchev–Trinajstić information content (AvgIpc) is 2.93. The summed E-state index contributed by atoms with van der Waals surface area (Å²) in [5, 5.41) is 18.6. The van der Waals surface area contributed by atoms with E-state index >= 15 is 0 Å². The number of amides is 1. The quantitative estimate of drug-likeness (QED) is 0.782. The fourth-order valence-electron chi connectivity index (χ4n) is 1.88. The first-order chi connectivity index (χ1) is 11.0. The molecule has 0 spiro atoms. The predicted octanol–water partition coefficient (Wildman–Crippen LogP) is 0.830. The Morgan fingerprint density at radius 1 is 1.43 bits per heavy atom. The molecule has 0 saturated heterocycles. The zero-order valence-electron chi connectivity index (χ0n) is 12.3. The molecule has 2 N–H and O–H groups in total. The lowest BCUT2D eigenvalue weighted by molar-refractivity contribution is -0.137. The van der Waals surface area contributed by atoms with Gasteiger partial charge in [-0.2, -0.15) is 0 Å². The largest absolute Gasteiger partial charge is 0.490 e. The van der Waals surface area contributed by atoms with Crippen LogP contribution in [-0.4, -0.2) is 38.6 Å². The Labute approximate surface area is 130 Å². The number of rotatable bonds is 7. The first-order valence-electron chi connectivity index (χ1n) is 6.81. The number of aromatic nitrogens is 3. The highest BCUT2D eigenvalue weighted by Gasteiger charge is 2.16. The number of carbonyl (C=O) groups is 2. The fourth-order valence-corrected chi connectivity index (χ4v) is 1.88. The van der Waals surface area contributed by atoms with Gasteiger partial charge in [0.1, 0.15) is 12.2 Å². The second-order valence-corrected chi connectivity index (χ2v) is 4.53. The Balaban J connectivity index is 2.04. The first-order valence-corrected chi connectivity index (χ1v) is 6.81. The number of halogens is 1. The van der Waals surface area contributed by atoms with Gasteiger partial charge in [0, 0.05) is 0 Å². The summed E-state index contributed by atoms with van der Waals surface area (Å²) in [6, 6.07) is 4.07. The van der Waals surface area contributed by atoms with Gasteiger partial charge in [-0.3, -0.25) is 9.59 Å². The van der Waals surface area contributed by atoms with E-state index in [1.54, 1.807) is 6.92 Å². The molecule has 0 aliphatic carbocycles. The highest BCUT2D eigenvalue weighted by molar-refractivity contribution is 5.96. The lowest BCUT2D eigenvalue weighted by Gasteiger charge is -2.10. The topological polar surface area (TPSA) is 106 Å². The summed E-state index contributed by atoms with van der Waals surface area (Å²) >= 11 is 0. The van der Waals surface area contributed by atoms with Gasteiger partial charge in [0.25, 0.3) is 5.91 Å². The van der Waals surface area contributed by atoms with Crippen molar-refractivity contribution in [2.45, 2.75) is 20.0 Å². The van der Waals surface area contributed by atoms with E-state index in [2.05, 4.69) is 15.6 Å². The average molecular weight is 322 g/mol. The molecule has 23 heavy (non-hydrogen) atoms. The van der Waals surface area contributed by atoms with Crippen LogP contribution in [0.25, 0.3) is 0 Å². The van der Waals surface area contributed by atoms with Crippen LogP contribution in [0, 0.1) is 5.82 Å². The van der Waals surface area contributed by atoms with Crippen molar-refractivity contribution < 1.29 is 23.8 Å². The van der Waals surface area contributed by atoms with E-state index in [4.69, 9.17) is 9.84 Å². The number of aliphatic carboxylic acids is 1. The van der Waals surface area contributed by atoms with Gasteiger partial charge in [0.2, 0.25) is 0 Å². The summed E-state index contributed by atoms with van der Waals surface area (Å²) in [7, 11) is 0. The van der Waals surface area contributed by atoms with E-state index in [0.717, 1.165) is 4.68 Å². The Morgan fingerprint density at radius 2 is 2.22 bits per heavy atom. The fraction of sp³-hybridized carbons (Fsp3) is 0.286. The number of ether oxygens (including phenoxy) is 1. The van der Waals surface area contributed by atoms with Crippen LogP contribution in [0.2, 0.25) is 0 Å². The molecule has 1 aromatic carbocycles. The molecule has 1 amide bonds. The molecule has 1 heterocycles. The zero-order chi connectivity index (χ0) is 16.8. The maximum Gasteiger partial charge on any atom is 0.325 e. The molecule has 0 aliphatic heterocycles. The number of carboxylic acids is 1. The van der Waals surface area contributed by atoms with Gasteiger partial charge >= 0.3 is 5.97 Å². The highest BCUT2D eigenvalue weighted by atomic mass is 19.1. The maximum absolute atomic E-state index is 13.7. The Morgan fingerprint density at radius 3 is 2.91 bits per heavy atom. The SMILES string of the molecule is CCOc1c(F)cccc1C(=O)NCc1cn(CC(=O)O)nn1. The van der Waals surface area contributed by atoms with Crippen LogP contribution in [0.4, 0.5) is 4.39 Å². The normalized spacial score (nSPS) is 10.3. The van der Waals surface area contributed by atoms with Gasteiger partial charge in [-0.25, -0.2) is 9.07 Å². The summed E-state index contributed by atoms with van der Waals surface area (Å²) in [6.45, 7) is 1.62. The van der Waals surface area contributed by atoms with Crippen LogP contribution in [-0.2, 0) is 17.9 Å². The third-order valence-corrected chi connectivity index (χ3v) is 2.81. The minimum atomic E-state index is -1.05. The van der Waals surface area contributed by atoms with Gasteiger partial charge in [0.05, 0.1) is 24.9 Å². The maximum atomic E-state index is 13.7. The van der Waals surface area contributed by atoms with E-state index in [-0.39, 0.29) is 31.0 Å². The molecule has 0 aliphatic rings. The number of para-hydroxylation sites is 1. The molecule has 0 atom stereocenters. The molecule has 0 fully saturated rings. The van der Waals surface area contributed by atoms with E-state index in [1.165, 1.54) is 24.4 Å². The van der Waals surface area contributed by atoms with E-state index in [1.807, 2.05) is 0 Å². The minimum Gasteiger partial charge on any atom is -0.490 e. The zero-order valence-corrected chi connectivity index (χ0v) is 12.3. The third kappa shape index (κ3) is 4.25. The van der Waals surface area contributed by atoms with Crippen LogP contribution in [0.3, 0.4) is 0 Å². The molecule has 2 rings (SSSR count). The monoisotopic (exact) mass is 322 g/mol. The summed E-state index contributed by atoms with van der Waals surface area (Å²) in [5.41, 5.74) is 0.457. The first kappa shape index (κ1) is 16.4. The van der Waals surface area contributed by atoms with Crippen LogP contribution in [0.5, 0.6) is 5.75 Å². The van der Waals surface area contributed by atoms with Gasteiger partial charge in [-0.05, 0) is 19.1 Å². The summed E-state index contributed by atoms with van der Waals surface area (Å²) < 4.78 is 20.0. The van der Waals surface area contributed by atoms with Crippen molar-refractivity contribution in [3.63, 3.8) is 0 Å². The van der Waals surface area contributed by atoms with Crippen molar-refractivity contribution in [1.82, 2.24) is 20.3 Å². The third-order valence-electron chi connectivity index (χ3n) is 2.81. The smallest absolute Gasteiger partial charge is 0.325 e. The van der Waals surface area contributed by atoms with Crippen molar-refractivity contribution in [1.29, 1.82) is 0 Å². The van der Waals surface area contributed by atoms with Crippen molar-refractivity contribution in [3.8, 4) is 5.75 Å². The molecular formula is C14H15FN4O4. The predicted molar refractivity (Wildman–Crippen MR) is 76.4 cm³/mol. The van der Waals surface area contributed by atoms with Crippen molar-refractivity contribution in [3.05, 3.63) is 41.5 Å². The Bertz CT molecular complexity index is 717. The van der Waals surface area contributed by atoms with Crippen LogP contribution in [0.15, 0.2) is 24.4 Å². The molecule has 122 valence electrons. The number of nitrogens with zero attached hydrogens (tertiary/aromatic N) is 3. The second kappa shape index (κ2) is 7.34. The number of hydrogen-bond donors (Lipinski definition) is 2. The number of hydrogen-bond acceptors (Lipinski definition) is 5. The lowest BCUT2D eigenvalue weighted by Crippen LogP contribution is -2.24. The molecule has 0 unspecified atom stereocenters. The minimum absolute atomic E-state index is 0.0283. The van der Waals surface area contributed by atoms with Crippen molar-refractivity contribution in [2.75, 3.05) is 6.61 Å². The lowest BCUT2D eigenvalue weighted by atomic mass is 10.1. The second-order valence-electron chi connectivity index (χ2n) is 4.53. The van der Waals surface area contributed by atoms with Gasteiger partial charge in [-0.15, -0.1) is 5.10 Å². The van der Waals surface area contributed by atoms with Crippen LogP contribution in [0.1, 0.15) is 23.0 Å². The standard InChI is InChI=1S/C14H15FN4O4/c1-2-23-13-10(4-3-5-11(13)15)14(22)16-6-9-7-19(18-17-9)8-12(20)21/h3-5,7H,2,6,8H2,1H3,(H,16,22)(H,20,21). The summed E-state index contributed by atoms with van der Waals surface area (Å²) in [6.07, 6.45) is 1.41. The van der Waals surface area contributed by atoms with Crippen molar-refractivity contribution >= 4 is 11.9 Å². The molecule has 2 aromatic rings. The van der Waals surface area contributed by atoms with E-state index in [0.29, 0.717) is 5.69 Å². The molecule has 0 saturated carbocycles. The van der Waals surface area contributed by atoms with E-state index < -0.39 is 17.7 Å². The highest BCUT2D eigenvalue weighted by Crippen LogP contribution is 2.22. The molecule has 1 aromatic heterocycles. The molecule has 0 radical (unpaired) electrons. The summed E-state index contributed by atoms with van der Waals surface area (Å²) in [5.74, 6) is -2.30. The molecule has 9 heteroatoms. The van der Waals surface area contributed by atoms with Crippen LogP contribution < -0.4 is 10.1 Å². The number of benzene rings is 1. The van der Waals surface area contributed by atoms with E-state index in [9.17, 15) is 14.0 Å². The number of carbonyl (C=O) groups excluding carboxylic acids is 1. The van der Waals surface area contributed by atoms with Gasteiger partial charge in [0.15, 0.2) is 11.6 Å². The van der Waals surface area contributed by atoms with Gasteiger partial charge < -0.3 is 15.2 Å². The van der Waals surface area contributed by atoms with Gasteiger partial charge in [-0.1, -0.05) is 11.3 Å². The Kier molecular flexibility index (Phi) is 5.23. The number of carboxylic acid groups (broad SMARTS) is 1. The summed E-state index contributed by atoms with van der Waals surface area (Å²) in [4.78, 5) is 22.7. The number of nitrogens with one attached hydrogen (secondary N) is 1. The Hall–Kier alpha value is -2.97.